The van der Waals surface area contributed by atoms with E-state index < -0.39 is 5.91 Å². The van der Waals surface area contributed by atoms with Crippen LogP contribution in [0.5, 0.6) is 0 Å². The van der Waals surface area contributed by atoms with Crippen molar-refractivity contribution in [2.45, 2.75) is 20.8 Å². The molecule has 0 bridgehead atoms. The molecular weight excluding hydrogens is 418 g/mol. The van der Waals surface area contributed by atoms with Crippen LogP contribution in [0.25, 0.3) is 16.9 Å². The Morgan fingerprint density at radius 1 is 0.818 bits per heavy atom. The average molecular weight is 441 g/mol. The van der Waals surface area contributed by atoms with Crippen LogP contribution in [0.3, 0.4) is 0 Å². The van der Waals surface area contributed by atoms with E-state index in [2.05, 4.69) is 16.0 Å². The molecule has 3 N–H and O–H groups in total. The van der Waals surface area contributed by atoms with E-state index in [1.807, 2.05) is 60.0 Å². The second-order valence-corrected chi connectivity index (χ2v) is 7.72. The van der Waals surface area contributed by atoms with Crippen LogP contribution in [0.1, 0.15) is 29.8 Å². The van der Waals surface area contributed by atoms with Crippen LogP contribution in [-0.2, 0) is 9.59 Å². The number of rotatable bonds is 5. The lowest BCUT2D eigenvalue weighted by atomic mass is 10.1. The number of amides is 3. The molecule has 3 amide bonds. The lowest BCUT2D eigenvalue weighted by Crippen LogP contribution is -2.16. The number of hydrogen-bond donors (Lipinski definition) is 3. The van der Waals surface area contributed by atoms with Crippen LogP contribution in [-0.4, -0.2) is 27.1 Å². The summed E-state index contributed by atoms with van der Waals surface area (Å²) in [5.41, 5.74) is 4.32. The van der Waals surface area contributed by atoms with Gasteiger partial charge in [0.05, 0.1) is 0 Å². The van der Waals surface area contributed by atoms with Gasteiger partial charge in [0.1, 0.15) is 17.2 Å². The summed E-state index contributed by atoms with van der Waals surface area (Å²) in [6.45, 7) is 4.72. The number of carbonyl (C=O) groups is 3. The van der Waals surface area contributed by atoms with Gasteiger partial charge in [0, 0.05) is 42.5 Å². The highest BCUT2D eigenvalue weighted by Gasteiger charge is 2.18. The molecule has 2 aromatic carbocycles. The van der Waals surface area contributed by atoms with Gasteiger partial charge in [0.25, 0.3) is 5.91 Å². The Labute approximate surface area is 190 Å². The van der Waals surface area contributed by atoms with Crippen molar-refractivity contribution in [3.05, 3.63) is 78.0 Å². The molecule has 0 unspecified atom stereocenters. The lowest BCUT2D eigenvalue weighted by Gasteiger charge is -2.12. The summed E-state index contributed by atoms with van der Waals surface area (Å²) in [5.74, 6) is -0.463. The number of anilines is 3. The Morgan fingerprint density at radius 2 is 1.45 bits per heavy atom. The highest BCUT2D eigenvalue weighted by molar-refractivity contribution is 6.08. The van der Waals surface area contributed by atoms with E-state index in [0.29, 0.717) is 28.5 Å². The van der Waals surface area contributed by atoms with Crippen LogP contribution in [0, 0.1) is 6.92 Å². The number of carbonyl (C=O) groups excluding carboxylic acids is 3. The predicted molar refractivity (Wildman–Crippen MR) is 128 cm³/mol. The van der Waals surface area contributed by atoms with Gasteiger partial charge in [-0.25, -0.2) is 4.98 Å². The standard InChI is InChI=1S/C25H23N5O3/c1-15-9-10-30-22(11-15)28-23(18-7-5-4-6-8-18)24(30)29-25(33)19-12-20(26-16(2)31)14-21(13-19)27-17(3)32/h4-14H,1-3H3,(H,26,31)(H,27,32)(H,29,33). The Balaban J connectivity index is 1.77. The predicted octanol–water partition coefficient (Wildman–Crippen LogP) is 4.48. The Kier molecular flexibility index (Phi) is 5.91. The molecule has 8 nitrogen and oxygen atoms in total. The molecule has 2 heterocycles. The number of aromatic nitrogens is 2. The number of fused-ring (bicyclic) bond motifs is 1. The first-order valence-corrected chi connectivity index (χ1v) is 10.4. The third-order valence-electron chi connectivity index (χ3n) is 4.90. The zero-order valence-electron chi connectivity index (χ0n) is 18.5. The second kappa shape index (κ2) is 8.96. The molecule has 4 aromatic rings. The van der Waals surface area contributed by atoms with Gasteiger partial charge in [-0.3, -0.25) is 18.8 Å². The van der Waals surface area contributed by atoms with Crippen molar-refractivity contribution in [3.63, 3.8) is 0 Å². The monoisotopic (exact) mass is 441 g/mol. The zero-order valence-corrected chi connectivity index (χ0v) is 18.5. The summed E-state index contributed by atoms with van der Waals surface area (Å²) in [6.07, 6.45) is 1.86. The van der Waals surface area contributed by atoms with E-state index in [4.69, 9.17) is 4.98 Å². The minimum Gasteiger partial charge on any atom is -0.326 e. The summed E-state index contributed by atoms with van der Waals surface area (Å²) in [4.78, 5) is 41.1. The van der Waals surface area contributed by atoms with Crippen molar-refractivity contribution in [3.8, 4) is 11.3 Å². The van der Waals surface area contributed by atoms with Crippen LogP contribution >= 0.6 is 0 Å². The molecule has 4 rings (SSSR count). The molecule has 0 saturated carbocycles. The van der Waals surface area contributed by atoms with Gasteiger partial charge in [-0.05, 0) is 42.8 Å². The van der Waals surface area contributed by atoms with Crippen LogP contribution in [0.4, 0.5) is 17.2 Å². The maximum Gasteiger partial charge on any atom is 0.256 e. The first-order valence-electron chi connectivity index (χ1n) is 10.4. The second-order valence-electron chi connectivity index (χ2n) is 7.72. The highest BCUT2D eigenvalue weighted by Crippen LogP contribution is 2.30. The zero-order chi connectivity index (χ0) is 23.5. The summed E-state index contributed by atoms with van der Waals surface area (Å²) < 4.78 is 1.82. The van der Waals surface area contributed by atoms with Crippen LogP contribution in [0.2, 0.25) is 0 Å². The van der Waals surface area contributed by atoms with Gasteiger partial charge >= 0.3 is 0 Å². The largest absolute Gasteiger partial charge is 0.326 e. The van der Waals surface area contributed by atoms with Crippen molar-refractivity contribution >= 4 is 40.6 Å². The lowest BCUT2D eigenvalue weighted by molar-refractivity contribution is -0.115. The fourth-order valence-electron chi connectivity index (χ4n) is 3.55. The highest BCUT2D eigenvalue weighted by atomic mass is 16.2. The maximum atomic E-state index is 13.3. The Bertz CT molecular complexity index is 1340. The fraction of sp³-hybridized carbons (Fsp3) is 0.120. The SMILES string of the molecule is CC(=O)Nc1cc(NC(C)=O)cc(C(=O)Nc2c(-c3ccccc3)nc3cc(C)ccn23)c1. The minimum atomic E-state index is -0.409. The minimum absolute atomic E-state index is 0.270. The van der Waals surface area contributed by atoms with E-state index >= 15 is 0 Å². The molecule has 166 valence electrons. The fourth-order valence-corrected chi connectivity index (χ4v) is 3.55. The van der Waals surface area contributed by atoms with Crippen molar-refractivity contribution in [1.29, 1.82) is 0 Å². The van der Waals surface area contributed by atoms with Gasteiger partial charge in [-0.1, -0.05) is 30.3 Å². The van der Waals surface area contributed by atoms with Crippen LogP contribution < -0.4 is 16.0 Å². The van der Waals surface area contributed by atoms with Gasteiger partial charge in [0.15, 0.2) is 0 Å². The number of aryl methyl sites for hydroxylation is 1. The quantitative estimate of drug-likeness (QED) is 0.425. The number of nitrogens with one attached hydrogen (secondary N) is 3. The van der Waals surface area contributed by atoms with Gasteiger partial charge < -0.3 is 16.0 Å². The molecule has 0 radical (unpaired) electrons. The van der Waals surface area contributed by atoms with E-state index in [1.54, 1.807) is 18.2 Å². The van der Waals surface area contributed by atoms with E-state index in [0.717, 1.165) is 11.1 Å². The summed E-state index contributed by atoms with van der Waals surface area (Å²) in [6, 6.07) is 18.2. The normalized spacial score (nSPS) is 10.6. The van der Waals surface area contributed by atoms with Gasteiger partial charge in [-0.15, -0.1) is 0 Å². The summed E-state index contributed by atoms with van der Waals surface area (Å²) in [5, 5.41) is 8.28. The molecule has 0 aliphatic rings. The molecule has 0 fully saturated rings. The topological polar surface area (TPSA) is 105 Å². The molecule has 8 heteroatoms. The van der Waals surface area contributed by atoms with Crippen LogP contribution in [0.15, 0.2) is 66.9 Å². The molecule has 0 saturated heterocycles. The maximum absolute atomic E-state index is 13.3. The number of benzene rings is 2. The van der Waals surface area contributed by atoms with Crippen molar-refractivity contribution in [1.82, 2.24) is 9.38 Å². The molecule has 33 heavy (non-hydrogen) atoms. The first kappa shape index (κ1) is 21.8. The molecule has 0 aliphatic heterocycles. The Hall–Kier alpha value is -4.46. The molecular formula is C25H23N5O3. The third kappa shape index (κ3) is 4.90. The Morgan fingerprint density at radius 3 is 2.06 bits per heavy atom. The van der Waals surface area contributed by atoms with Crippen molar-refractivity contribution in [2.24, 2.45) is 0 Å². The summed E-state index contributed by atoms with van der Waals surface area (Å²) in [7, 11) is 0. The van der Waals surface area contributed by atoms with E-state index in [9.17, 15) is 14.4 Å². The van der Waals surface area contributed by atoms with Crippen molar-refractivity contribution < 1.29 is 14.4 Å². The van der Waals surface area contributed by atoms with Gasteiger partial charge in [-0.2, -0.15) is 0 Å². The molecule has 0 aliphatic carbocycles. The number of pyridine rings is 1. The van der Waals surface area contributed by atoms with E-state index in [1.165, 1.54) is 13.8 Å². The van der Waals surface area contributed by atoms with Crippen molar-refractivity contribution in [2.75, 3.05) is 16.0 Å². The number of imidazole rings is 1. The molecule has 2 aromatic heterocycles. The average Bonchev–Trinajstić information content (AvgIpc) is 3.10. The third-order valence-corrected chi connectivity index (χ3v) is 4.90. The first-order chi connectivity index (χ1) is 15.8. The molecule has 0 atom stereocenters. The number of hydrogen-bond acceptors (Lipinski definition) is 4. The summed E-state index contributed by atoms with van der Waals surface area (Å²) >= 11 is 0. The number of nitrogens with zero attached hydrogens (tertiary/aromatic N) is 2. The molecule has 0 spiro atoms. The smallest absolute Gasteiger partial charge is 0.256 e. The van der Waals surface area contributed by atoms with E-state index in [-0.39, 0.29) is 17.4 Å². The van der Waals surface area contributed by atoms with Gasteiger partial charge in [0.2, 0.25) is 11.8 Å².